The Labute approximate surface area is 309 Å². The van der Waals surface area contributed by atoms with E-state index in [0.717, 1.165) is 5.02 Å². The predicted molar refractivity (Wildman–Crippen MR) is 221 cm³/mol. The maximum absolute atomic E-state index is 6.26. The highest BCUT2D eigenvalue weighted by Crippen LogP contribution is 2.42. The Hall–Kier alpha value is -2.05. The molecule has 2 aliphatic rings. The first-order valence-electron chi connectivity index (χ1n) is 19.6. The van der Waals surface area contributed by atoms with Crippen molar-refractivity contribution >= 4 is 11.6 Å². The standard InChI is InChI=1S/C16H25Cl.C16H22.C16H26/c1-10(2)13-8-12(17)9-14(11(3)4)15(13)16(5,6)7;1-16(2,3)15-13-8-4-6-11(13)10-12-7-5-9-14(12)15;1-11(2)13-9-8-10-14(12(3)4)15(13)16(5,6)7/h8-11H,1-7H3;10H,4-9H2,1-3H3;8-12H,1-7H3. The van der Waals surface area contributed by atoms with E-state index in [-0.39, 0.29) is 10.8 Å². The molecule has 49 heavy (non-hydrogen) atoms. The maximum atomic E-state index is 6.26. The van der Waals surface area contributed by atoms with E-state index < -0.39 is 0 Å². The maximum Gasteiger partial charge on any atom is 0.0411 e. The molecule has 0 heterocycles. The van der Waals surface area contributed by atoms with Gasteiger partial charge in [-0.2, -0.15) is 0 Å². The molecule has 0 saturated carbocycles. The summed E-state index contributed by atoms with van der Waals surface area (Å²) in [4.78, 5) is 0. The minimum Gasteiger partial charge on any atom is -0.0843 e. The Bertz CT molecular complexity index is 1470. The highest BCUT2D eigenvalue weighted by Gasteiger charge is 2.30. The van der Waals surface area contributed by atoms with Gasteiger partial charge in [0.25, 0.3) is 0 Å². The van der Waals surface area contributed by atoms with Gasteiger partial charge in [0.1, 0.15) is 0 Å². The fraction of sp³-hybridized carbons (Fsp3) is 0.625. The average molecular weight is 686 g/mol. The van der Waals surface area contributed by atoms with E-state index in [2.05, 4.69) is 154 Å². The minimum absolute atomic E-state index is 0.170. The molecule has 0 N–H and O–H groups in total. The van der Waals surface area contributed by atoms with E-state index in [1.54, 1.807) is 33.4 Å². The van der Waals surface area contributed by atoms with Gasteiger partial charge in [0.2, 0.25) is 0 Å². The lowest BCUT2D eigenvalue weighted by atomic mass is 9.75. The van der Waals surface area contributed by atoms with Crippen molar-refractivity contribution in [1.82, 2.24) is 0 Å². The van der Waals surface area contributed by atoms with Gasteiger partial charge in [-0.3, -0.25) is 0 Å². The SMILES string of the molecule is CC(C)(C)c1c2c(cc3c1CCC3)CCC2.CC(C)c1cc(Cl)cc(C(C)C)c1C(C)(C)C.CC(C)c1cccc(C(C)C)c1C(C)(C)C. The van der Waals surface area contributed by atoms with E-state index in [1.807, 2.05) is 0 Å². The second kappa shape index (κ2) is 16.1. The van der Waals surface area contributed by atoms with Gasteiger partial charge < -0.3 is 0 Å². The van der Waals surface area contributed by atoms with Crippen LogP contribution in [-0.2, 0) is 41.9 Å². The third-order valence-corrected chi connectivity index (χ3v) is 10.7. The van der Waals surface area contributed by atoms with Gasteiger partial charge in [0.15, 0.2) is 0 Å². The van der Waals surface area contributed by atoms with Crippen molar-refractivity contribution in [3.63, 3.8) is 0 Å². The van der Waals surface area contributed by atoms with Crippen LogP contribution in [0.4, 0.5) is 0 Å². The lowest BCUT2D eigenvalue weighted by molar-refractivity contribution is 0.563. The highest BCUT2D eigenvalue weighted by molar-refractivity contribution is 6.30. The molecule has 0 spiro atoms. The summed E-state index contributed by atoms with van der Waals surface area (Å²) in [7, 11) is 0. The first-order valence-corrected chi connectivity index (χ1v) is 20.0. The first-order chi connectivity index (χ1) is 22.5. The molecule has 0 nitrogen and oxygen atoms in total. The summed E-state index contributed by atoms with van der Waals surface area (Å²) in [5.41, 5.74) is 18.1. The summed E-state index contributed by atoms with van der Waals surface area (Å²) in [5.74, 6) is 2.24. The molecular weight excluding hydrogens is 612 g/mol. The van der Waals surface area contributed by atoms with E-state index in [4.69, 9.17) is 11.6 Å². The van der Waals surface area contributed by atoms with Crippen LogP contribution in [0.2, 0.25) is 5.02 Å². The van der Waals surface area contributed by atoms with Crippen LogP contribution in [0.1, 0.15) is 215 Å². The largest absolute Gasteiger partial charge is 0.0843 e. The van der Waals surface area contributed by atoms with Crippen LogP contribution in [0.3, 0.4) is 0 Å². The molecule has 3 aromatic carbocycles. The van der Waals surface area contributed by atoms with Crippen LogP contribution < -0.4 is 0 Å². The monoisotopic (exact) mass is 685 g/mol. The van der Waals surface area contributed by atoms with Crippen LogP contribution >= 0.6 is 11.6 Å². The van der Waals surface area contributed by atoms with E-state index >= 15 is 0 Å². The van der Waals surface area contributed by atoms with Gasteiger partial charge in [0, 0.05) is 5.02 Å². The minimum atomic E-state index is 0.170. The summed E-state index contributed by atoms with van der Waals surface area (Å²) in [6.45, 7) is 39.1. The molecule has 0 amide bonds. The van der Waals surface area contributed by atoms with Gasteiger partial charge in [-0.25, -0.2) is 0 Å². The molecule has 5 rings (SSSR count). The second-order valence-electron chi connectivity index (χ2n) is 19.4. The number of benzene rings is 3. The van der Waals surface area contributed by atoms with Crippen molar-refractivity contribution in [2.75, 3.05) is 0 Å². The van der Waals surface area contributed by atoms with E-state index in [9.17, 15) is 0 Å². The average Bonchev–Trinajstić information content (AvgIpc) is 3.62. The number of fused-ring (bicyclic) bond motifs is 2. The molecule has 272 valence electrons. The van der Waals surface area contributed by atoms with Gasteiger partial charge >= 0.3 is 0 Å². The molecule has 1 heteroatoms. The lowest BCUT2D eigenvalue weighted by Gasteiger charge is -2.30. The molecule has 0 aliphatic heterocycles. The van der Waals surface area contributed by atoms with Crippen molar-refractivity contribution in [2.45, 2.75) is 196 Å². The summed E-state index contributed by atoms with van der Waals surface area (Å²) in [6.07, 6.45) is 8.06. The van der Waals surface area contributed by atoms with Crippen molar-refractivity contribution in [2.24, 2.45) is 0 Å². The number of rotatable bonds is 4. The first kappa shape index (κ1) is 41.4. The van der Waals surface area contributed by atoms with Crippen LogP contribution in [-0.4, -0.2) is 0 Å². The van der Waals surface area contributed by atoms with Crippen molar-refractivity contribution < 1.29 is 0 Å². The highest BCUT2D eigenvalue weighted by atomic mass is 35.5. The van der Waals surface area contributed by atoms with Gasteiger partial charge in [0.05, 0.1) is 0 Å². The molecule has 2 aliphatic carbocycles. The zero-order valence-corrected chi connectivity index (χ0v) is 35.7. The van der Waals surface area contributed by atoms with Gasteiger partial charge in [-0.15, -0.1) is 0 Å². The molecule has 0 atom stereocenters. The number of aryl methyl sites for hydroxylation is 2. The normalized spacial score (nSPS) is 14.6. The fourth-order valence-electron chi connectivity index (χ4n) is 8.57. The molecule has 0 bridgehead atoms. The number of hydrogen-bond donors (Lipinski definition) is 0. The Balaban J connectivity index is 0.000000199. The number of halogens is 1. The fourth-order valence-corrected chi connectivity index (χ4v) is 8.80. The van der Waals surface area contributed by atoms with E-state index in [1.165, 1.54) is 66.3 Å². The quantitative estimate of drug-likeness (QED) is 0.256. The van der Waals surface area contributed by atoms with E-state index in [0.29, 0.717) is 29.1 Å². The third-order valence-electron chi connectivity index (χ3n) is 10.5. The summed E-state index contributed by atoms with van der Waals surface area (Å²) >= 11 is 6.26. The Morgan fingerprint density at radius 3 is 1.08 bits per heavy atom. The Morgan fingerprint density at radius 2 is 0.776 bits per heavy atom. The van der Waals surface area contributed by atoms with Crippen LogP contribution in [0.25, 0.3) is 0 Å². The summed E-state index contributed by atoms with van der Waals surface area (Å²) in [6, 6.07) is 13.6. The topological polar surface area (TPSA) is 0 Å². The zero-order valence-electron chi connectivity index (χ0n) is 34.9. The Morgan fingerprint density at radius 1 is 0.449 bits per heavy atom. The van der Waals surface area contributed by atoms with Crippen LogP contribution in [0, 0.1) is 0 Å². The second-order valence-corrected chi connectivity index (χ2v) is 19.8. The Kier molecular flexibility index (Phi) is 13.6. The van der Waals surface area contributed by atoms with Crippen molar-refractivity contribution in [1.29, 1.82) is 0 Å². The van der Waals surface area contributed by atoms with Crippen LogP contribution in [0.15, 0.2) is 36.4 Å². The lowest BCUT2D eigenvalue weighted by Crippen LogP contribution is -2.18. The van der Waals surface area contributed by atoms with Gasteiger partial charge in [-0.1, -0.05) is 154 Å². The van der Waals surface area contributed by atoms with Crippen molar-refractivity contribution in [3.05, 3.63) is 103 Å². The molecule has 0 unspecified atom stereocenters. The zero-order chi connectivity index (χ0) is 37.2. The van der Waals surface area contributed by atoms with Crippen molar-refractivity contribution in [3.8, 4) is 0 Å². The molecular formula is C48H73Cl. The van der Waals surface area contributed by atoms with Crippen LogP contribution in [0.5, 0.6) is 0 Å². The third kappa shape index (κ3) is 10.1. The predicted octanol–water partition coefficient (Wildman–Crippen LogP) is 15.1. The molecule has 0 saturated heterocycles. The summed E-state index contributed by atoms with van der Waals surface area (Å²) in [5, 5.41) is 0.866. The number of hydrogen-bond acceptors (Lipinski definition) is 0. The molecule has 0 aromatic heterocycles. The molecule has 0 fully saturated rings. The smallest absolute Gasteiger partial charge is 0.0411 e. The summed E-state index contributed by atoms with van der Waals surface area (Å²) < 4.78 is 0. The molecule has 0 radical (unpaired) electrons. The molecule has 3 aromatic rings. The van der Waals surface area contributed by atoms with Gasteiger partial charge in [-0.05, 0) is 152 Å².